The molecule has 0 spiro atoms. The molecule has 0 atom stereocenters. The van der Waals surface area contributed by atoms with Crippen LogP contribution in [-0.2, 0) is 11.3 Å². The Morgan fingerprint density at radius 1 is 1.09 bits per heavy atom. The van der Waals surface area contributed by atoms with E-state index in [9.17, 15) is 4.79 Å². The zero-order chi connectivity index (χ0) is 15.8. The first kappa shape index (κ1) is 19.0. The highest BCUT2D eigenvalue weighted by Gasteiger charge is 2.15. The molecule has 0 heterocycles. The molecule has 4 nitrogen and oxygen atoms in total. The van der Waals surface area contributed by atoms with E-state index in [4.69, 9.17) is 4.74 Å². The van der Waals surface area contributed by atoms with Gasteiger partial charge in [-0.2, -0.15) is 0 Å². The summed E-state index contributed by atoms with van der Waals surface area (Å²) in [6.07, 6.45) is 0.468. The lowest BCUT2D eigenvalue weighted by Gasteiger charge is -2.23. The maximum Gasteiger partial charge on any atom is 0.228 e. The lowest BCUT2D eigenvalue weighted by atomic mass is 10.1. The number of rotatable bonds is 7. The van der Waals surface area contributed by atoms with Crippen molar-refractivity contribution in [2.24, 2.45) is 0 Å². The minimum absolute atomic E-state index is 0. The molecule has 0 aliphatic heterocycles. The van der Waals surface area contributed by atoms with Gasteiger partial charge >= 0.3 is 0 Å². The molecule has 0 radical (unpaired) electrons. The van der Waals surface area contributed by atoms with Gasteiger partial charge in [-0.15, -0.1) is 12.4 Å². The number of amides is 1. The third-order valence-electron chi connectivity index (χ3n) is 3.46. The molecular weight excluding hydrogens is 312 g/mol. The Labute approximate surface area is 143 Å². The highest BCUT2D eigenvalue weighted by Crippen LogP contribution is 2.22. The zero-order valence-corrected chi connectivity index (χ0v) is 14.3. The highest BCUT2D eigenvalue weighted by atomic mass is 35.5. The lowest BCUT2D eigenvalue weighted by Crippen LogP contribution is -2.32. The smallest absolute Gasteiger partial charge is 0.228 e. The molecule has 5 heteroatoms. The first-order chi connectivity index (χ1) is 10.7. The molecule has 2 aromatic rings. The number of hydrogen-bond donors (Lipinski definition) is 1. The molecule has 1 amide bonds. The van der Waals surface area contributed by atoms with Crippen molar-refractivity contribution in [3.63, 3.8) is 0 Å². The number of carbonyl (C=O) groups is 1. The maximum atomic E-state index is 12.5. The molecule has 0 aliphatic rings. The van der Waals surface area contributed by atoms with Crippen LogP contribution < -0.4 is 15.0 Å². The van der Waals surface area contributed by atoms with Crippen molar-refractivity contribution < 1.29 is 9.53 Å². The van der Waals surface area contributed by atoms with E-state index < -0.39 is 0 Å². The predicted molar refractivity (Wildman–Crippen MR) is 96.4 cm³/mol. The van der Waals surface area contributed by atoms with E-state index in [-0.39, 0.29) is 18.3 Å². The van der Waals surface area contributed by atoms with Crippen LogP contribution >= 0.6 is 12.4 Å². The summed E-state index contributed by atoms with van der Waals surface area (Å²) >= 11 is 0. The topological polar surface area (TPSA) is 41.6 Å². The zero-order valence-electron chi connectivity index (χ0n) is 13.5. The molecular formula is C18H23ClN2O2. The van der Waals surface area contributed by atoms with Crippen LogP contribution in [0.25, 0.3) is 0 Å². The monoisotopic (exact) mass is 334 g/mol. The number of carbonyl (C=O) groups excluding carboxylic acids is 1. The molecule has 0 aliphatic carbocycles. The Balaban J connectivity index is 0.00000264. The van der Waals surface area contributed by atoms with Gasteiger partial charge in [-0.3, -0.25) is 4.79 Å². The van der Waals surface area contributed by atoms with Gasteiger partial charge in [-0.25, -0.2) is 0 Å². The van der Waals surface area contributed by atoms with Gasteiger partial charge in [-0.1, -0.05) is 30.3 Å². The number of nitrogens with zero attached hydrogens (tertiary/aromatic N) is 1. The number of benzene rings is 2. The largest absolute Gasteiger partial charge is 0.497 e. The second-order valence-corrected chi connectivity index (χ2v) is 5.02. The summed E-state index contributed by atoms with van der Waals surface area (Å²) in [4.78, 5) is 14.3. The Hall–Kier alpha value is -2.04. The van der Waals surface area contributed by atoms with Gasteiger partial charge in [0.25, 0.3) is 0 Å². The van der Waals surface area contributed by atoms with Crippen molar-refractivity contribution in [3.05, 3.63) is 60.2 Å². The summed E-state index contributed by atoms with van der Waals surface area (Å²) in [7, 11) is 3.48. The molecule has 0 bridgehead atoms. The summed E-state index contributed by atoms with van der Waals surface area (Å²) in [5.74, 6) is 0.884. The van der Waals surface area contributed by atoms with E-state index in [1.165, 1.54) is 0 Å². The Bertz CT molecular complexity index is 588. The van der Waals surface area contributed by atoms with Crippen molar-refractivity contribution in [2.75, 3.05) is 25.6 Å². The van der Waals surface area contributed by atoms with Crippen LogP contribution in [0.4, 0.5) is 5.69 Å². The third-order valence-corrected chi connectivity index (χ3v) is 3.46. The first-order valence-corrected chi connectivity index (χ1v) is 7.37. The van der Waals surface area contributed by atoms with Gasteiger partial charge < -0.3 is 15.0 Å². The minimum atomic E-state index is 0. The summed E-state index contributed by atoms with van der Waals surface area (Å²) in [5, 5.41) is 3.02. The van der Waals surface area contributed by atoms with Crippen molar-refractivity contribution in [3.8, 4) is 5.75 Å². The third kappa shape index (κ3) is 5.58. The van der Waals surface area contributed by atoms with E-state index in [1.54, 1.807) is 7.11 Å². The molecule has 2 aromatic carbocycles. The Morgan fingerprint density at radius 3 is 2.30 bits per heavy atom. The maximum absolute atomic E-state index is 12.5. The fourth-order valence-corrected chi connectivity index (χ4v) is 2.22. The standard InChI is InChI=1S/C18H22N2O2.ClH/c1-19-13-12-18(21)20(14-15-6-4-3-5-7-15)16-8-10-17(22-2)11-9-16;/h3-11,19H,12-14H2,1-2H3;1H. The summed E-state index contributed by atoms with van der Waals surface area (Å²) in [6.45, 7) is 1.23. The molecule has 0 unspecified atom stereocenters. The number of nitrogens with one attached hydrogen (secondary N) is 1. The number of hydrogen-bond acceptors (Lipinski definition) is 3. The highest BCUT2D eigenvalue weighted by molar-refractivity contribution is 5.93. The number of anilines is 1. The first-order valence-electron chi connectivity index (χ1n) is 7.37. The molecule has 124 valence electrons. The number of ether oxygens (including phenoxy) is 1. The van der Waals surface area contributed by atoms with Gasteiger partial charge in [-0.05, 0) is 36.9 Å². The fourth-order valence-electron chi connectivity index (χ4n) is 2.22. The normalized spacial score (nSPS) is 9.83. The van der Waals surface area contributed by atoms with E-state index in [2.05, 4.69) is 5.32 Å². The van der Waals surface area contributed by atoms with Crippen LogP contribution in [0.1, 0.15) is 12.0 Å². The summed E-state index contributed by atoms with van der Waals surface area (Å²) in [5.41, 5.74) is 1.99. The van der Waals surface area contributed by atoms with Gasteiger partial charge in [0.2, 0.25) is 5.91 Å². The van der Waals surface area contributed by atoms with Gasteiger partial charge in [0, 0.05) is 18.7 Å². The van der Waals surface area contributed by atoms with Crippen molar-refractivity contribution in [2.45, 2.75) is 13.0 Å². The van der Waals surface area contributed by atoms with E-state index >= 15 is 0 Å². The molecule has 0 saturated carbocycles. The molecule has 23 heavy (non-hydrogen) atoms. The summed E-state index contributed by atoms with van der Waals surface area (Å²) in [6, 6.07) is 17.6. The average molecular weight is 335 g/mol. The van der Waals surface area contributed by atoms with E-state index in [1.807, 2.05) is 66.5 Å². The van der Waals surface area contributed by atoms with Crippen LogP contribution in [0, 0.1) is 0 Å². The van der Waals surface area contributed by atoms with Crippen molar-refractivity contribution in [1.82, 2.24) is 5.32 Å². The number of methoxy groups -OCH3 is 1. The van der Waals surface area contributed by atoms with Crippen molar-refractivity contribution >= 4 is 24.0 Å². The molecule has 1 N–H and O–H groups in total. The molecule has 2 rings (SSSR count). The number of halogens is 1. The lowest BCUT2D eigenvalue weighted by molar-refractivity contribution is -0.118. The van der Waals surface area contributed by atoms with Gasteiger partial charge in [0.1, 0.15) is 5.75 Å². The van der Waals surface area contributed by atoms with E-state index in [0.717, 1.165) is 17.0 Å². The molecule has 0 aromatic heterocycles. The van der Waals surface area contributed by atoms with Crippen LogP contribution in [0.2, 0.25) is 0 Å². The molecule has 0 fully saturated rings. The van der Waals surface area contributed by atoms with Crippen molar-refractivity contribution in [1.29, 1.82) is 0 Å². The Kier molecular flexibility index (Phi) is 8.16. The van der Waals surface area contributed by atoms with Gasteiger partial charge in [0.15, 0.2) is 0 Å². The van der Waals surface area contributed by atoms with Crippen LogP contribution in [-0.4, -0.2) is 26.6 Å². The Morgan fingerprint density at radius 2 is 1.74 bits per heavy atom. The second-order valence-electron chi connectivity index (χ2n) is 5.02. The predicted octanol–water partition coefficient (Wildman–Crippen LogP) is 3.26. The quantitative estimate of drug-likeness (QED) is 0.845. The fraction of sp³-hybridized carbons (Fsp3) is 0.278. The van der Waals surface area contributed by atoms with Gasteiger partial charge in [0.05, 0.1) is 13.7 Å². The van der Waals surface area contributed by atoms with Crippen LogP contribution in [0.5, 0.6) is 5.75 Å². The SMILES string of the molecule is CNCCC(=O)N(Cc1ccccc1)c1ccc(OC)cc1.Cl. The van der Waals surface area contributed by atoms with Crippen LogP contribution in [0.15, 0.2) is 54.6 Å². The second kappa shape index (κ2) is 9.87. The minimum Gasteiger partial charge on any atom is -0.497 e. The molecule has 0 saturated heterocycles. The summed E-state index contributed by atoms with van der Waals surface area (Å²) < 4.78 is 5.18. The van der Waals surface area contributed by atoms with E-state index in [0.29, 0.717) is 19.5 Å². The average Bonchev–Trinajstić information content (AvgIpc) is 2.58. The van der Waals surface area contributed by atoms with Crippen LogP contribution in [0.3, 0.4) is 0 Å².